The number of rotatable bonds is 11. The number of benzene rings is 3. The summed E-state index contributed by atoms with van der Waals surface area (Å²) < 4.78 is 45.4. The van der Waals surface area contributed by atoms with Crippen LogP contribution in [0, 0.1) is 0 Å². The number of hydrogen-bond donors (Lipinski definition) is 1. The maximum atomic E-state index is 13.4. The molecule has 1 fully saturated rings. The van der Waals surface area contributed by atoms with Crippen molar-refractivity contribution in [3.05, 3.63) is 107 Å². The first-order chi connectivity index (χ1) is 21.3. The third kappa shape index (κ3) is 8.34. The van der Waals surface area contributed by atoms with Gasteiger partial charge in [0.1, 0.15) is 12.4 Å². The number of anilines is 2. The average Bonchev–Trinajstić information content (AvgIpc) is 3.04. The van der Waals surface area contributed by atoms with Gasteiger partial charge in [-0.05, 0) is 91.1 Å². The van der Waals surface area contributed by atoms with E-state index in [1.54, 1.807) is 24.4 Å². The van der Waals surface area contributed by atoms with E-state index in [4.69, 9.17) is 4.74 Å². The zero-order valence-electron chi connectivity index (χ0n) is 24.7. The number of pyridine rings is 1. The van der Waals surface area contributed by atoms with Crippen LogP contribution in [0.15, 0.2) is 85.1 Å². The van der Waals surface area contributed by atoms with E-state index < -0.39 is 11.7 Å². The van der Waals surface area contributed by atoms with Gasteiger partial charge in [0.15, 0.2) is 0 Å². The molecule has 1 aliphatic rings. The number of piperidine rings is 1. The summed E-state index contributed by atoms with van der Waals surface area (Å²) >= 11 is 1.84. The lowest BCUT2D eigenvalue weighted by Gasteiger charge is -2.29. The maximum Gasteiger partial charge on any atom is 0.416 e. The van der Waals surface area contributed by atoms with Crippen molar-refractivity contribution in [2.24, 2.45) is 0 Å². The van der Waals surface area contributed by atoms with Crippen molar-refractivity contribution in [3.63, 3.8) is 0 Å². The molecule has 1 amide bonds. The highest BCUT2D eigenvalue weighted by molar-refractivity contribution is 7.98. The van der Waals surface area contributed by atoms with E-state index in [0.717, 1.165) is 72.8 Å². The van der Waals surface area contributed by atoms with Crippen LogP contribution in [0.25, 0.3) is 11.3 Å². The van der Waals surface area contributed by atoms with Gasteiger partial charge in [-0.25, -0.2) is 0 Å². The highest BCUT2D eigenvalue weighted by Crippen LogP contribution is 2.35. The Hall–Kier alpha value is -3.98. The van der Waals surface area contributed by atoms with Crippen LogP contribution in [-0.2, 0) is 18.5 Å². The van der Waals surface area contributed by atoms with Gasteiger partial charge in [-0.1, -0.05) is 31.2 Å². The molecule has 1 aliphatic heterocycles. The van der Waals surface area contributed by atoms with Crippen molar-refractivity contribution in [2.75, 3.05) is 29.1 Å². The number of hydrogen-bond acceptors (Lipinski definition) is 5. The minimum atomic E-state index is -4.42. The molecule has 230 valence electrons. The topological polar surface area (TPSA) is 54.5 Å². The Labute approximate surface area is 260 Å². The molecule has 4 aromatic rings. The molecule has 1 aromatic heterocycles. The molecular formula is C35H36F3N3O2S. The number of halogens is 3. The quantitative estimate of drug-likeness (QED) is 0.170. The minimum absolute atomic E-state index is 0.0301. The number of thioether (sulfide) groups is 1. The summed E-state index contributed by atoms with van der Waals surface area (Å²) in [6.45, 7) is 4.04. The fourth-order valence-corrected chi connectivity index (χ4v) is 6.03. The number of carbonyl (C=O) groups excluding carboxylic acids is 1. The van der Waals surface area contributed by atoms with E-state index in [-0.39, 0.29) is 12.5 Å². The molecule has 44 heavy (non-hydrogen) atoms. The van der Waals surface area contributed by atoms with Crippen molar-refractivity contribution < 1.29 is 22.7 Å². The van der Waals surface area contributed by atoms with E-state index in [2.05, 4.69) is 22.1 Å². The first kappa shape index (κ1) is 31.4. The van der Waals surface area contributed by atoms with Crippen LogP contribution >= 0.6 is 11.8 Å². The molecule has 5 rings (SSSR count). The highest BCUT2D eigenvalue weighted by Gasteiger charge is 2.30. The van der Waals surface area contributed by atoms with Crippen LogP contribution in [0.5, 0.6) is 5.75 Å². The zero-order chi connectivity index (χ0) is 30.9. The van der Waals surface area contributed by atoms with E-state index in [1.807, 2.05) is 54.2 Å². The van der Waals surface area contributed by atoms with E-state index in [9.17, 15) is 18.0 Å². The van der Waals surface area contributed by atoms with Crippen LogP contribution in [-0.4, -0.2) is 29.7 Å². The lowest BCUT2D eigenvalue weighted by atomic mass is 10.0. The molecule has 0 atom stereocenters. The standard InChI is InChI=1S/C35H36F3N3O2S/c1-2-18-44-24-26-9-6-10-27(19-26)34(42)40-32-13-12-29(41-16-4-3-5-17-41)21-31(32)33-22-30(14-15-39-33)43-23-25-8-7-11-28(20-25)35(36,37)38/h6-15,19-22H,2-5,16-18,23-24H2,1H3,(H,40,42). The molecule has 0 unspecified atom stereocenters. The summed E-state index contributed by atoms with van der Waals surface area (Å²) in [4.78, 5) is 20.4. The third-order valence-corrected chi connectivity index (χ3v) is 8.68. The normalized spacial score (nSPS) is 13.5. The Morgan fingerprint density at radius 3 is 2.55 bits per heavy atom. The average molecular weight is 620 g/mol. The Bertz CT molecular complexity index is 1570. The van der Waals surface area contributed by atoms with Crippen molar-refractivity contribution in [3.8, 4) is 17.0 Å². The Balaban J connectivity index is 1.40. The number of nitrogens with one attached hydrogen (secondary N) is 1. The number of alkyl halides is 3. The fourth-order valence-electron chi connectivity index (χ4n) is 5.19. The highest BCUT2D eigenvalue weighted by atomic mass is 32.2. The third-order valence-electron chi connectivity index (χ3n) is 7.45. The van der Waals surface area contributed by atoms with E-state index in [1.165, 1.54) is 12.5 Å². The largest absolute Gasteiger partial charge is 0.489 e. The predicted octanol–water partition coefficient (Wildman–Crippen LogP) is 9.23. The summed E-state index contributed by atoms with van der Waals surface area (Å²) in [7, 11) is 0. The van der Waals surface area contributed by atoms with Crippen molar-refractivity contribution in [1.82, 2.24) is 4.98 Å². The van der Waals surface area contributed by atoms with Gasteiger partial charge in [0.2, 0.25) is 0 Å². The number of aromatic nitrogens is 1. The number of nitrogens with zero attached hydrogens (tertiary/aromatic N) is 2. The first-order valence-electron chi connectivity index (χ1n) is 14.9. The van der Waals surface area contributed by atoms with Gasteiger partial charge in [0.05, 0.1) is 16.9 Å². The van der Waals surface area contributed by atoms with Gasteiger partial charge in [0, 0.05) is 47.9 Å². The molecule has 0 spiro atoms. The molecule has 1 saturated heterocycles. The molecule has 1 N–H and O–H groups in total. The second-order valence-corrected chi connectivity index (χ2v) is 12.0. The molecule has 3 aromatic carbocycles. The monoisotopic (exact) mass is 619 g/mol. The second kappa shape index (κ2) is 14.7. The Morgan fingerprint density at radius 2 is 1.75 bits per heavy atom. The van der Waals surface area contributed by atoms with Crippen molar-refractivity contribution in [1.29, 1.82) is 0 Å². The number of amides is 1. The molecule has 9 heteroatoms. The second-order valence-electron chi connectivity index (χ2n) is 10.8. The van der Waals surface area contributed by atoms with Crippen molar-refractivity contribution in [2.45, 2.75) is 51.1 Å². The molecule has 5 nitrogen and oxygen atoms in total. The van der Waals surface area contributed by atoms with Crippen LogP contribution in [0.4, 0.5) is 24.5 Å². The summed E-state index contributed by atoms with van der Waals surface area (Å²) in [6.07, 6.45) is 1.74. The van der Waals surface area contributed by atoms with Crippen LogP contribution in [0.3, 0.4) is 0 Å². The summed E-state index contributed by atoms with van der Waals surface area (Å²) in [6, 6.07) is 22.2. The van der Waals surface area contributed by atoms with Gasteiger partial charge in [-0.3, -0.25) is 9.78 Å². The maximum absolute atomic E-state index is 13.4. The molecule has 0 radical (unpaired) electrons. The van der Waals surface area contributed by atoms with Crippen molar-refractivity contribution >= 4 is 29.0 Å². The predicted molar refractivity (Wildman–Crippen MR) is 172 cm³/mol. The number of ether oxygens (including phenoxy) is 1. The molecule has 0 saturated carbocycles. The molecule has 0 aliphatic carbocycles. The summed E-state index contributed by atoms with van der Waals surface area (Å²) in [5.41, 5.74) is 4.36. The van der Waals surface area contributed by atoms with Crippen LogP contribution in [0.1, 0.15) is 59.7 Å². The number of carbonyl (C=O) groups is 1. The lowest BCUT2D eigenvalue weighted by molar-refractivity contribution is -0.137. The van der Waals surface area contributed by atoms with Gasteiger partial charge >= 0.3 is 6.18 Å². The Kier molecular flexibility index (Phi) is 10.5. The van der Waals surface area contributed by atoms with Crippen LogP contribution < -0.4 is 15.0 Å². The van der Waals surface area contributed by atoms with Gasteiger partial charge in [-0.2, -0.15) is 24.9 Å². The van der Waals surface area contributed by atoms with Gasteiger partial charge in [0.25, 0.3) is 5.91 Å². The SMILES string of the molecule is CCCSCc1cccc(C(=O)Nc2ccc(N3CCCCC3)cc2-c2cc(OCc3cccc(C(F)(F)F)c3)ccn2)c1. The minimum Gasteiger partial charge on any atom is -0.489 e. The molecule has 2 heterocycles. The van der Waals surface area contributed by atoms with Crippen LogP contribution in [0.2, 0.25) is 0 Å². The Morgan fingerprint density at radius 1 is 0.955 bits per heavy atom. The lowest BCUT2D eigenvalue weighted by Crippen LogP contribution is -2.29. The molecule has 0 bridgehead atoms. The van der Waals surface area contributed by atoms with Gasteiger partial charge < -0.3 is 15.0 Å². The van der Waals surface area contributed by atoms with Gasteiger partial charge in [-0.15, -0.1) is 0 Å². The fraction of sp³-hybridized carbons (Fsp3) is 0.314. The smallest absolute Gasteiger partial charge is 0.416 e. The summed E-state index contributed by atoms with van der Waals surface area (Å²) in [5, 5.41) is 3.10. The molecular weight excluding hydrogens is 583 g/mol. The zero-order valence-corrected chi connectivity index (χ0v) is 25.5. The first-order valence-corrected chi connectivity index (χ1v) is 16.1. The summed E-state index contributed by atoms with van der Waals surface area (Å²) in [5.74, 6) is 2.17. The van der Waals surface area contributed by atoms with E-state index in [0.29, 0.717) is 28.3 Å². The van der Waals surface area contributed by atoms with E-state index >= 15 is 0 Å².